The molecule has 4 heterocycles. The predicted octanol–water partition coefficient (Wildman–Crippen LogP) is 5.52. The average molecular weight is 528 g/mol. The van der Waals surface area contributed by atoms with Crippen molar-refractivity contribution in [2.45, 2.75) is 25.8 Å². The molecule has 1 saturated heterocycles. The molecule has 3 aromatic heterocycles. The smallest absolute Gasteiger partial charge is 0.261 e. The van der Waals surface area contributed by atoms with Gasteiger partial charge in [-0.3, -0.25) is 14.6 Å². The van der Waals surface area contributed by atoms with E-state index < -0.39 is 0 Å². The second kappa shape index (κ2) is 11.0. The number of pyridine rings is 1. The molecule has 0 aliphatic carbocycles. The number of hydrogen-bond donors (Lipinski definition) is 1. The number of nitrogens with zero attached hydrogens (tertiary/aromatic N) is 4. The van der Waals surface area contributed by atoms with Gasteiger partial charge in [0.05, 0.1) is 20.6 Å². The Hall–Kier alpha value is -3.20. The summed E-state index contributed by atoms with van der Waals surface area (Å²) < 4.78 is 2.36. The Bertz CT molecular complexity index is 1320. The van der Waals surface area contributed by atoms with Gasteiger partial charge in [-0.2, -0.15) is 5.10 Å². The van der Waals surface area contributed by atoms with Gasteiger partial charge >= 0.3 is 0 Å². The molecule has 10 heteroatoms. The predicted molar refractivity (Wildman–Crippen MR) is 141 cm³/mol. The van der Waals surface area contributed by atoms with Crippen molar-refractivity contribution in [1.29, 1.82) is 0 Å². The van der Waals surface area contributed by atoms with Crippen LogP contribution in [0.1, 0.15) is 34.5 Å². The minimum Gasteiger partial charge on any atom is -0.347 e. The van der Waals surface area contributed by atoms with Gasteiger partial charge in [0.1, 0.15) is 0 Å². The van der Waals surface area contributed by atoms with E-state index in [9.17, 15) is 9.59 Å². The highest BCUT2D eigenvalue weighted by Gasteiger charge is 2.20. The Morgan fingerprint density at radius 1 is 1.09 bits per heavy atom. The Morgan fingerprint density at radius 2 is 1.89 bits per heavy atom. The van der Waals surface area contributed by atoms with Crippen molar-refractivity contribution in [2.75, 3.05) is 11.4 Å². The van der Waals surface area contributed by atoms with Crippen LogP contribution in [-0.2, 0) is 11.3 Å². The molecule has 5 rings (SSSR count). The van der Waals surface area contributed by atoms with Gasteiger partial charge in [-0.05, 0) is 61.4 Å². The zero-order valence-electron chi connectivity index (χ0n) is 18.7. The van der Waals surface area contributed by atoms with Crippen molar-refractivity contribution in [1.82, 2.24) is 20.1 Å². The van der Waals surface area contributed by atoms with E-state index in [2.05, 4.69) is 10.3 Å². The van der Waals surface area contributed by atoms with E-state index in [0.717, 1.165) is 47.6 Å². The molecule has 0 unspecified atom stereocenters. The van der Waals surface area contributed by atoms with Crippen LogP contribution in [0.2, 0.25) is 4.34 Å². The van der Waals surface area contributed by atoms with Gasteiger partial charge in [-0.1, -0.05) is 11.6 Å². The number of halogens is 2. The molecule has 0 saturated carbocycles. The van der Waals surface area contributed by atoms with Crippen molar-refractivity contribution in [3.05, 3.63) is 81.9 Å². The number of anilines is 1. The van der Waals surface area contributed by atoms with E-state index in [4.69, 9.17) is 16.7 Å². The van der Waals surface area contributed by atoms with Gasteiger partial charge in [-0.25, -0.2) is 4.68 Å². The number of amides is 2. The standard InChI is InChI=1S/C25H22ClN5O2S.ClH/c26-22-11-10-21(34-22)25(33)28-15-18-16-31(29-24(18)17-4-3-12-27-14-17)20-8-6-19(7-9-20)30-13-2-1-5-23(30)32;/h3-4,6-12,14,16H,1-2,5,13,15H2,(H,28,33);1H. The lowest BCUT2D eigenvalue weighted by atomic mass is 10.1. The largest absolute Gasteiger partial charge is 0.347 e. The molecule has 0 bridgehead atoms. The number of rotatable bonds is 6. The first-order valence-corrected chi connectivity index (χ1v) is 12.2. The fourth-order valence-electron chi connectivity index (χ4n) is 3.98. The summed E-state index contributed by atoms with van der Waals surface area (Å²) in [6.45, 7) is 1.06. The van der Waals surface area contributed by atoms with Crippen molar-refractivity contribution < 1.29 is 9.59 Å². The van der Waals surface area contributed by atoms with Crippen LogP contribution in [0.4, 0.5) is 5.69 Å². The monoisotopic (exact) mass is 527 g/mol. The molecule has 1 aromatic carbocycles. The van der Waals surface area contributed by atoms with Gasteiger partial charge in [0.15, 0.2) is 0 Å². The number of thiophene rings is 1. The second-order valence-electron chi connectivity index (χ2n) is 7.99. The van der Waals surface area contributed by atoms with Gasteiger partial charge in [0.25, 0.3) is 5.91 Å². The van der Waals surface area contributed by atoms with Crippen molar-refractivity contribution >= 4 is 52.8 Å². The van der Waals surface area contributed by atoms with Crippen LogP contribution < -0.4 is 10.2 Å². The third kappa shape index (κ3) is 5.56. The minimum absolute atomic E-state index is 0. The van der Waals surface area contributed by atoms with Crippen LogP contribution in [0, 0.1) is 0 Å². The van der Waals surface area contributed by atoms with Gasteiger partial charge in [-0.15, -0.1) is 23.7 Å². The number of piperidine rings is 1. The number of benzene rings is 1. The Labute approximate surface area is 218 Å². The SMILES string of the molecule is Cl.O=C(NCc1cn(-c2ccc(N3CCCCC3=O)cc2)nc1-c1cccnc1)c1ccc(Cl)s1. The molecular weight excluding hydrogens is 505 g/mol. The molecule has 0 spiro atoms. The first-order valence-electron chi connectivity index (χ1n) is 11.0. The third-order valence-corrected chi connectivity index (χ3v) is 6.94. The number of hydrogen-bond acceptors (Lipinski definition) is 5. The Kier molecular flexibility index (Phi) is 7.85. The van der Waals surface area contributed by atoms with E-state index >= 15 is 0 Å². The highest BCUT2D eigenvalue weighted by atomic mass is 35.5. The third-order valence-electron chi connectivity index (χ3n) is 5.71. The number of nitrogens with one attached hydrogen (secondary N) is 1. The number of carbonyl (C=O) groups excluding carboxylic acids is 2. The lowest BCUT2D eigenvalue weighted by Gasteiger charge is -2.26. The van der Waals surface area contributed by atoms with Gasteiger partial charge in [0, 0.05) is 54.9 Å². The second-order valence-corrected chi connectivity index (χ2v) is 9.71. The van der Waals surface area contributed by atoms with Crippen LogP contribution in [0.15, 0.2) is 67.1 Å². The summed E-state index contributed by atoms with van der Waals surface area (Å²) in [6.07, 6.45) is 7.95. The van der Waals surface area contributed by atoms with Crippen LogP contribution in [0.5, 0.6) is 0 Å². The molecule has 1 aliphatic heterocycles. The summed E-state index contributed by atoms with van der Waals surface area (Å²) in [6, 6.07) is 15.0. The van der Waals surface area contributed by atoms with Crippen LogP contribution in [0.25, 0.3) is 16.9 Å². The normalized spacial score (nSPS) is 13.4. The fraction of sp³-hybridized carbons (Fsp3) is 0.200. The summed E-state index contributed by atoms with van der Waals surface area (Å²) in [4.78, 5) is 31.4. The summed E-state index contributed by atoms with van der Waals surface area (Å²) in [5.41, 5.74) is 4.23. The maximum atomic E-state index is 12.5. The van der Waals surface area contributed by atoms with Crippen molar-refractivity contribution in [3.8, 4) is 16.9 Å². The summed E-state index contributed by atoms with van der Waals surface area (Å²) in [7, 11) is 0. The average Bonchev–Trinajstić information content (AvgIpc) is 3.50. The highest BCUT2D eigenvalue weighted by Crippen LogP contribution is 2.26. The lowest BCUT2D eigenvalue weighted by Crippen LogP contribution is -2.35. The van der Waals surface area contributed by atoms with Crippen LogP contribution in [-0.4, -0.2) is 33.1 Å². The number of carbonyl (C=O) groups is 2. The zero-order valence-corrected chi connectivity index (χ0v) is 21.1. The van der Waals surface area contributed by atoms with Gasteiger partial charge in [0.2, 0.25) is 5.91 Å². The maximum Gasteiger partial charge on any atom is 0.261 e. The molecule has 0 atom stereocenters. The quantitative estimate of drug-likeness (QED) is 0.358. The molecule has 7 nitrogen and oxygen atoms in total. The van der Waals surface area contributed by atoms with Gasteiger partial charge < -0.3 is 10.2 Å². The van der Waals surface area contributed by atoms with E-state index in [-0.39, 0.29) is 24.2 Å². The molecule has 1 fully saturated rings. The molecule has 0 radical (unpaired) electrons. The molecule has 35 heavy (non-hydrogen) atoms. The number of aromatic nitrogens is 3. The van der Waals surface area contributed by atoms with Crippen LogP contribution >= 0.6 is 35.3 Å². The molecule has 1 aliphatic rings. The van der Waals surface area contributed by atoms with Crippen LogP contribution in [0.3, 0.4) is 0 Å². The summed E-state index contributed by atoms with van der Waals surface area (Å²) in [5, 5.41) is 7.74. The van der Waals surface area contributed by atoms with Crippen molar-refractivity contribution in [3.63, 3.8) is 0 Å². The topological polar surface area (TPSA) is 80.1 Å². The molecule has 1 N–H and O–H groups in total. The zero-order chi connectivity index (χ0) is 23.5. The minimum atomic E-state index is -0.183. The van der Waals surface area contributed by atoms with E-state index in [0.29, 0.717) is 22.2 Å². The molecule has 2 amide bonds. The van der Waals surface area contributed by atoms with E-state index in [1.165, 1.54) is 11.3 Å². The molecule has 180 valence electrons. The lowest BCUT2D eigenvalue weighted by molar-refractivity contribution is -0.119. The fourth-order valence-corrected chi connectivity index (χ4v) is 4.94. The first kappa shape index (κ1) is 24.9. The maximum absolute atomic E-state index is 12.5. The Balaban J connectivity index is 0.00000289. The molecule has 4 aromatic rings. The highest BCUT2D eigenvalue weighted by molar-refractivity contribution is 7.18. The van der Waals surface area contributed by atoms with E-state index in [1.54, 1.807) is 29.2 Å². The first-order chi connectivity index (χ1) is 16.6. The van der Waals surface area contributed by atoms with Crippen molar-refractivity contribution in [2.24, 2.45) is 0 Å². The van der Waals surface area contributed by atoms with E-state index in [1.807, 2.05) is 47.5 Å². The Morgan fingerprint density at radius 3 is 2.57 bits per heavy atom. The summed E-state index contributed by atoms with van der Waals surface area (Å²) >= 11 is 7.20. The molecular formula is C25H23Cl2N5O2S. The summed E-state index contributed by atoms with van der Waals surface area (Å²) in [5.74, 6) is -0.0145.